The minimum atomic E-state index is 0.215. The van der Waals surface area contributed by atoms with Crippen LogP contribution in [0.25, 0.3) is 0 Å². The summed E-state index contributed by atoms with van der Waals surface area (Å²) in [5, 5.41) is 6.42. The van der Waals surface area contributed by atoms with Gasteiger partial charge in [-0.25, -0.2) is 4.99 Å². The maximum absolute atomic E-state index is 11.7. The first-order valence-corrected chi connectivity index (χ1v) is 8.15. The van der Waals surface area contributed by atoms with E-state index in [4.69, 9.17) is 4.74 Å². The maximum atomic E-state index is 11.7. The average molecular weight is 318 g/mol. The first-order chi connectivity index (χ1) is 11.2. The molecule has 6 nitrogen and oxygen atoms in total. The molecule has 126 valence electrons. The van der Waals surface area contributed by atoms with Crippen LogP contribution >= 0.6 is 0 Å². The predicted octanol–water partition coefficient (Wildman–Crippen LogP) is 1.51. The number of anilines is 1. The number of amides is 1. The molecule has 0 unspecified atom stereocenters. The molecule has 2 N–H and O–H groups in total. The molecule has 0 aromatic heterocycles. The van der Waals surface area contributed by atoms with Crippen LogP contribution in [0.15, 0.2) is 29.3 Å². The van der Waals surface area contributed by atoms with Crippen LogP contribution in [0.5, 0.6) is 0 Å². The normalized spacial score (nSPS) is 15.1. The van der Waals surface area contributed by atoms with E-state index in [1.54, 1.807) is 7.11 Å². The summed E-state index contributed by atoms with van der Waals surface area (Å²) in [6.07, 6.45) is 1.61. The van der Waals surface area contributed by atoms with Crippen LogP contribution in [-0.2, 0) is 16.1 Å². The largest absolute Gasteiger partial charge is 0.383 e. The standard InChI is InChI=1S/C17H26N4O2/c1-3-18-17(19-10-12-23-2)20-13-14-6-8-15(9-7-14)21-11-4-5-16(21)22/h6-9H,3-5,10-13H2,1-2H3,(H2,18,19,20). The number of ether oxygens (including phenoxy) is 1. The van der Waals surface area contributed by atoms with Gasteiger partial charge in [0.05, 0.1) is 13.2 Å². The minimum Gasteiger partial charge on any atom is -0.383 e. The lowest BCUT2D eigenvalue weighted by molar-refractivity contribution is -0.117. The van der Waals surface area contributed by atoms with Gasteiger partial charge in [0.15, 0.2) is 5.96 Å². The van der Waals surface area contributed by atoms with Crippen molar-refractivity contribution in [3.63, 3.8) is 0 Å². The smallest absolute Gasteiger partial charge is 0.227 e. The van der Waals surface area contributed by atoms with Gasteiger partial charge in [-0.2, -0.15) is 0 Å². The number of carbonyl (C=O) groups is 1. The van der Waals surface area contributed by atoms with Crippen LogP contribution in [0.3, 0.4) is 0 Å². The van der Waals surface area contributed by atoms with Crippen molar-refractivity contribution in [2.75, 3.05) is 38.3 Å². The van der Waals surface area contributed by atoms with E-state index in [0.717, 1.165) is 43.3 Å². The second-order valence-corrected chi connectivity index (χ2v) is 5.43. The topological polar surface area (TPSA) is 66.0 Å². The SMILES string of the molecule is CCNC(=NCc1ccc(N2CCCC2=O)cc1)NCCOC. The fraction of sp³-hybridized carbons (Fsp3) is 0.529. The molecule has 1 saturated heterocycles. The zero-order chi connectivity index (χ0) is 16.5. The third-order valence-corrected chi connectivity index (χ3v) is 3.68. The summed E-state index contributed by atoms with van der Waals surface area (Å²) in [5.41, 5.74) is 2.09. The Hall–Kier alpha value is -2.08. The van der Waals surface area contributed by atoms with Crippen molar-refractivity contribution in [1.82, 2.24) is 10.6 Å². The number of nitrogens with zero attached hydrogens (tertiary/aromatic N) is 2. The molecule has 1 fully saturated rings. The Morgan fingerprint density at radius 1 is 1.30 bits per heavy atom. The molecule has 1 aromatic carbocycles. The lowest BCUT2D eigenvalue weighted by atomic mass is 10.2. The number of nitrogens with one attached hydrogen (secondary N) is 2. The van der Waals surface area contributed by atoms with Gasteiger partial charge in [-0.15, -0.1) is 0 Å². The molecular formula is C17H26N4O2. The lowest BCUT2D eigenvalue weighted by Gasteiger charge is -2.15. The quantitative estimate of drug-likeness (QED) is 0.454. The average Bonchev–Trinajstić information content (AvgIpc) is 2.99. The third-order valence-electron chi connectivity index (χ3n) is 3.68. The highest BCUT2D eigenvalue weighted by atomic mass is 16.5. The first kappa shape index (κ1) is 17.3. The lowest BCUT2D eigenvalue weighted by Crippen LogP contribution is -2.38. The van der Waals surface area contributed by atoms with E-state index in [1.807, 2.05) is 36.1 Å². The number of methoxy groups -OCH3 is 1. The highest BCUT2D eigenvalue weighted by molar-refractivity contribution is 5.95. The molecule has 0 aliphatic carbocycles. The zero-order valence-corrected chi connectivity index (χ0v) is 14.0. The summed E-state index contributed by atoms with van der Waals surface area (Å²) in [6.45, 7) is 5.63. The third kappa shape index (κ3) is 5.25. The number of hydrogen-bond donors (Lipinski definition) is 2. The Bertz CT molecular complexity index is 528. The Morgan fingerprint density at radius 2 is 2.09 bits per heavy atom. The Balaban J connectivity index is 1.93. The van der Waals surface area contributed by atoms with Crippen LogP contribution in [0, 0.1) is 0 Å². The molecule has 0 radical (unpaired) electrons. The van der Waals surface area contributed by atoms with Gasteiger partial charge in [-0.05, 0) is 31.0 Å². The van der Waals surface area contributed by atoms with Crippen LogP contribution in [0.2, 0.25) is 0 Å². The highest BCUT2D eigenvalue weighted by Crippen LogP contribution is 2.21. The Morgan fingerprint density at radius 3 is 2.70 bits per heavy atom. The van der Waals surface area contributed by atoms with Crippen molar-refractivity contribution in [3.8, 4) is 0 Å². The van der Waals surface area contributed by atoms with Gasteiger partial charge < -0.3 is 20.3 Å². The van der Waals surface area contributed by atoms with E-state index in [1.165, 1.54) is 0 Å². The summed E-state index contributed by atoms with van der Waals surface area (Å²) in [4.78, 5) is 18.2. The predicted molar refractivity (Wildman–Crippen MR) is 92.7 cm³/mol. The number of benzene rings is 1. The van der Waals surface area contributed by atoms with E-state index in [0.29, 0.717) is 19.6 Å². The van der Waals surface area contributed by atoms with Crippen molar-refractivity contribution in [3.05, 3.63) is 29.8 Å². The number of aliphatic imine (C=N–C) groups is 1. The summed E-state index contributed by atoms with van der Waals surface area (Å²) in [6, 6.07) is 8.06. The molecule has 1 aromatic rings. The number of carbonyl (C=O) groups excluding carboxylic acids is 1. The Kier molecular flexibility index (Phi) is 6.87. The monoisotopic (exact) mass is 318 g/mol. The molecule has 1 amide bonds. The van der Waals surface area contributed by atoms with Crippen molar-refractivity contribution in [1.29, 1.82) is 0 Å². The summed E-state index contributed by atoms with van der Waals surface area (Å²) >= 11 is 0. The molecule has 0 saturated carbocycles. The van der Waals surface area contributed by atoms with Gasteiger partial charge in [-0.1, -0.05) is 12.1 Å². The molecule has 0 atom stereocenters. The number of hydrogen-bond acceptors (Lipinski definition) is 3. The van der Waals surface area contributed by atoms with E-state index < -0.39 is 0 Å². The molecule has 23 heavy (non-hydrogen) atoms. The molecule has 2 rings (SSSR count). The molecule has 1 aliphatic heterocycles. The van der Waals surface area contributed by atoms with E-state index >= 15 is 0 Å². The van der Waals surface area contributed by atoms with Gasteiger partial charge >= 0.3 is 0 Å². The van der Waals surface area contributed by atoms with Gasteiger partial charge in [0, 0.05) is 38.9 Å². The summed E-state index contributed by atoms with van der Waals surface area (Å²) in [7, 11) is 1.68. The van der Waals surface area contributed by atoms with Crippen LogP contribution in [0.1, 0.15) is 25.3 Å². The van der Waals surface area contributed by atoms with Crippen molar-refractivity contribution in [2.24, 2.45) is 4.99 Å². The van der Waals surface area contributed by atoms with Crippen LogP contribution in [-0.4, -0.2) is 45.2 Å². The second-order valence-electron chi connectivity index (χ2n) is 5.43. The van der Waals surface area contributed by atoms with Crippen LogP contribution < -0.4 is 15.5 Å². The summed E-state index contributed by atoms with van der Waals surface area (Å²) in [5.74, 6) is 0.996. The van der Waals surface area contributed by atoms with Crippen LogP contribution in [0.4, 0.5) is 5.69 Å². The highest BCUT2D eigenvalue weighted by Gasteiger charge is 2.21. The second kappa shape index (κ2) is 9.15. The maximum Gasteiger partial charge on any atom is 0.227 e. The Labute approximate surface area is 137 Å². The fourth-order valence-electron chi connectivity index (χ4n) is 2.49. The first-order valence-electron chi connectivity index (χ1n) is 8.15. The molecule has 1 aliphatic rings. The molecule has 6 heteroatoms. The van der Waals surface area contributed by atoms with Crippen molar-refractivity contribution in [2.45, 2.75) is 26.3 Å². The molecule has 0 spiro atoms. The van der Waals surface area contributed by atoms with Gasteiger partial charge in [0.25, 0.3) is 0 Å². The van der Waals surface area contributed by atoms with E-state index in [2.05, 4.69) is 15.6 Å². The molecular weight excluding hydrogens is 292 g/mol. The number of guanidine groups is 1. The van der Waals surface area contributed by atoms with Crippen molar-refractivity contribution < 1.29 is 9.53 Å². The molecule has 0 bridgehead atoms. The van der Waals surface area contributed by atoms with E-state index in [-0.39, 0.29) is 5.91 Å². The molecule has 1 heterocycles. The minimum absolute atomic E-state index is 0.215. The van der Waals surface area contributed by atoms with Gasteiger partial charge in [0.2, 0.25) is 5.91 Å². The number of rotatable bonds is 7. The summed E-state index contributed by atoms with van der Waals surface area (Å²) < 4.78 is 5.03. The zero-order valence-electron chi connectivity index (χ0n) is 14.0. The van der Waals surface area contributed by atoms with Gasteiger partial charge in [0.1, 0.15) is 0 Å². The fourth-order valence-corrected chi connectivity index (χ4v) is 2.49. The van der Waals surface area contributed by atoms with Gasteiger partial charge in [-0.3, -0.25) is 4.79 Å². The van der Waals surface area contributed by atoms with E-state index in [9.17, 15) is 4.79 Å². The van der Waals surface area contributed by atoms with Crippen molar-refractivity contribution >= 4 is 17.6 Å².